The number of aromatic nitrogens is 2. The van der Waals surface area contributed by atoms with Gasteiger partial charge in [-0.2, -0.15) is 4.31 Å². The molecule has 0 bridgehead atoms. The van der Waals surface area contributed by atoms with Crippen molar-refractivity contribution in [3.05, 3.63) is 48.4 Å². The van der Waals surface area contributed by atoms with E-state index in [2.05, 4.69) is 39.5 Å². The van der Waals surface area contributed by atoms with Crippen LogP contribution in [0.4, 0.5) is 0 Å². The second kappa shape index (κ2) is 10.4. The first kappa shape index (κ1) is 23.9. The van der Waals surface area contributed by atoms with E-state index >= 15 is 0 Å². The van der Waals surface area contributed by atoms with Crippen LogP contribution in [-0.2, 0) is 21.4 Å². The molecule has 1 atom stereocenters. The van der Waals surface area contributed by atoms with E-state index in [1.165, 1.54) is 9.87 Å². The minimum atomic E-state index is -3.70. The summed E-state index contributed by atoms with van der Waals surface area (Å²) in [5, 5.41) is 3.26. The Hall–Kier alpha value is -2.23. The molecule has 0 aliphatic carbocycles. The molecule has 1 unspecified atom stereocenters. The number of rotatable bonds is 7. The topological polar surface area (TPSA) is 87.5 Å². The smallest absolute Gasteiger partial charge is 0.262 e. The molecule has 2 aliphatic rings. The second-order valence-corrected chi connectivity index (χ2v) is 11.4. The van der Waals surface area contributed by atoms with Crippen LogP contribution in [-0.4, -0.2) is 65.3 Å². The van der Waals surface area contributed by atoms with Crippen LogP contribution in [0.5, 0.6) is 0 Å². The Labute approximate surface area is 197 Å². The van der Waals surface area contributed by atoms with Crippen molar-refractivity contribution in [1.82, 2.24) is 24.1 Å². The quantitative estimate of drug-likeness (QED) is 0.668. The Morgan fingerprint density at radius 1 is 1.12 bits per heavy atom. The van der Waals surface area contributed by atoms with E-state index in [1.54, 1.807) is 17.1 Å². The number of hydrogen-bond donors (Lipinski definition) is 1. The molecule has 2 aliphatic heterocycles. The lowest BCUT2D eigenvalue weighted by Gasteiger charge is -2.35. The zero-order valence-electron chi connectivity index (χ0n) is 19.6. The number of sulfonamides is 1. The van der Waals surface area contributed by atoms with Gasteiger partial charge in [0.1, 0.15) is 0 Å². The molecule has 2 saturated heterocycles. The van der Waals surface area contributed by atoms with E-state index in [9.17, 15) is 13.2 Å². The average Bonchev–Trinajstić information content (AvgIpc) is 3.33. The van der Waals surface area contributed by atoms with Gasteiger partial charge < -0.3 is 9.88 Å². The first-order valence-electron chi connectivity index (χ1n) is 11.9. The van der Waals surface area contributed by atoms with Crippen LogP contribution in [0.15, 0.2) is 47.9 Å². The highest BCUT2D eigenvalue weighted by atomic mass is 32.2. The van der Waals surface area contributed by atoms with Crippen molar-refractivity contribution in [2.45, 2.75) is 63.2 Å². The molecule has 2 aromatic rings. The maximum absolute atomic E-state index is 13.1. The van der Waals surface area contributed by atoms with Crippen molar-refractivity contribution in [1.29, 1.82) is 0 Å². The van der Waals surface area contributed by atoms with Crippen LogP contribution in [0.2, 0.25) is 0 Å². The number of imidazole rings is 1. The monoisotopic (exact) mass is 473 g/mol. The molecule has 1 amide bonds. The largest absolute Gasteiger partial charge is 0.353 e. The minimum absolute atomic E-state index is 0.0240. The Bertz CT molecular complexity index is 1030. The van der Waals surface area contributed by atoms with Crippen LogP contribution in [0.1, 0.15) is 51.1 Å². The Kier molecular flexibility index (Phi) is 7.51. The zero-order valence-corrected chi connectivity index (χ0v) is 20.4. The second-order valence-electron chi connectivity index (χ2n) is 9.50. The van der Waals surface area contributed by atoms with Crippen molar-refractivity contribution >= 4 is 15.9 Å². The summed E-state index contributed by atoms with van der Waals surface area (Å²) in [5.41, 5.74) is 1.31. The first-order chi connectivity index (χ1) is 15.8. The number of carbonyl (C=O) groups is 1. The molecule has 2 fully saturated rings. The Morgan fingerprint density at radius 2 is 1.85 bits per heavy atom. The van der Waals surface area contributed by atoms with Crippen molar-refractivity contribution in [2.75, 3.05) is 26.2 Å². The van der Waals surface area contributed by atoms with Gasteiger partial charge in [-0.1, -0.05) is 30.3 Å². The van der Waals surface area contributed by atoms with Crippen molar-refractivity contribution in [3.63, 3.8) is 0 Å². The molecule has 0 saturated carbocycles. The summed E-state index contributed by atoms with van der Waals surface area (Å²) in [4.78, 5) is 19.5. The fraction of sp³-hybridized carbons (Fsp3) is 0.583. The lowest BCUT2D eigenvalue weighted by molar-refractivity contribution is -0.127. The zero-order chi connectivity index (χ0) is 23.4. The highest BCUT2D eigenvalue weighted by molar-refractivity contribution is 7.89. The summed E-state index contributed by atoms with van der Waals surface area (Å²) < 4.78 is 29.4. The van der Waals surface area contributed by atoms with E-state index in [-0.39, 0.29) is 35.5 Å². The van der Waals surface area contributed by atoms with Gasteiger partial charge in [-0.3, -0.25) is 9.69 Å². The fourth-order valence-electron chi connectivity index (χ4n) is 4.64. The van der Waals surface area contributed by atoms with Gasteiger partial charge in [-0.25, -0.2) is 13.4 Å². The van der Waals surface area contributed by atoms with Gasteiger partial charge in [0.05, 0.1) is 12.2 Å². The molecule has 1 N–H and O–H groups in total. The Morgan fingerprint density at radius 3 is 2.52 bits per heavy atom. The Balaban J connectivity index is 1.29. The third-order valence-electron chi connectivity index (χ3n) is 6.72. The number of nitrogens with one attached hydrogen (secondary N) is 1. The number of amides is 1. The minimum Gasteiger partial charge on any atom is -0.353 e. The lowest BCUT2D eigenvalue weighted by atomic mass is 9.97. The van der Waals surface area contributed by atoms with Crippen molar-refractivity contribution in [3.8, 4) is 0 Å². The predicted octanol–water partition coefficient (Wildman–Crippen LogP) is 2.65. The van der Waals surface area contributed by atoms with Gasteiger partial charge in [-0.15, -0.1) is 0 Å². The van der Waals surface area contributed by atoms with E-state index < -0.39 is 10.0 Å². The van der Waals surface area contributed by atoms with Gasteiger partial charge >= 0.3 is 0 Å². The maximum Gasteiger partial charge on any atom is 0.262 e. The van der Waals surface area contributed by atoms with Gasteiger partial charge in [0, 0.05) is 51.0 Å². The number of piperidine rings is 2. The van der Waals surface area contributed by atoms with Crippen LogP contribution in [0.3, 0.4) is 0 Å². The molecule has 9 heteroatoms. The number of nitrogens with zero attached hydrogens (tertiary/aromatic N) is 4. The normalized spacial score (nSPS) is 21.4. The summed E-state index contributed by atoms with van der Waals surface area (Å²) in [6.45, 7) is 7.43. The maximum atomic E-state index is 13.1. The van der Waals surface area contributed by atoms with Gasteiger partial charge in [-0.05, 0) is 45.1 Å². The van der Waals surface area contributed by atoms with Gasteiger partial charge in [0.15, 0.2) is 5.03 Å². The molecule has 33 heavy (non-hydrogen) atoms. The van der Waals surface area contributed by atoms with Crippen LogP contribution in [0, 0.1) is 5.92 Å². The molecule has 0 spiro atoms. The number of likely N-dealkylation sites (tertiary alicyclic amines) is 1. The number of benzene rings is 1. The fourth-order valence-corrected chi connectivity index (χ4v) is 6.08. The highest BCUT2D eigenvalue weighted by Gasteiger charge is 2.35. The van der Waals surface area contributed by atoms with Crippen molar-refractivity contribution in [2.24, 2.45) is 5.92 Å². The summed E-state index contributed by atoms with van der Waals surface area (Å²) in [6, 6.07) is 10.7. The lowest BCUT2D eigenvalue weighted by Crippen LogP contribution is -2.50. The molecule has 4 rings (SSSR count). The molecule has 1 aromatic carbocycles. The van der Waals surface area contributed by atoms with E-state index in [4.69, 9.17) is 0 Å². The molecular weight excluding hydrogens is 438 g/mol. The number of carbonyl (C=O) groups excluding carboxylic acids is 1. The number of hydrogen-bond acceptors (Lipinski definition) is 5. The van der Waals surface area contributed by atoms with Crippen LogP contribution in [0.25, 0.3) is 0 Å². The van der Waals surface area contributed by atoms with Crippen LogP contribution >= 0.6 is 0 Å². The molecule has 1 aromatic heterocycles. The van der Waals surface area contributed by atoms with Crippen LogP contribution < -0.4 is 5.32 Å². The first-order valence-corrected chi connectivity index (χ1v) is 13.4. The van der Waals surface area contributed by atoms with E-state index in [0.717, 1.165) is 32.5 Å². The molecular formula is C24H35N5O3S. The summed E-state index contributed by atoms with van der Waals surface area (Å²) in [5.74, 6) is -0.341. The molecule has 8 nitrogen and oxygen atoms in total. The summed E-state index contributed by atoms with van der Waals surface area (Å²) >= 11 is 0. The SMILES string of the molecule is CC(C)n1cnc(S(=O)(=O)N2CCCC(C(=O)NC3CCN(Cc4ccccc4)CC3)C2)c1. The van der Waals surface area contributed by atoms with E-state index in [1.807, 2.05) is 19.9 Å². The highest BCUT2D eigenvalue weighted by Crippen LogP contribution is 2.24. The molecule has 180 valence electrons. The summed E-state index contributed by atoms with van der Waals surface area (Å²) in [7, 11) is -3.70. The molecule has 3 heterocycles. The summed E-state index contributed by atoms with van der Waals surface area (Å²) in [6.07, 6.45) is 6.35. The van der Waals surface area contributed by atoms with E-state index in [0.29, 0.717) is 19.4 Å². The van der Waals surface area contributed by atoms with Crippen molar-refractivity contribution < 1.29 is 13.2 Å². The third kappa shape index (κ3) is 5.83. The average molecular weight is 474 g/mol. The van der Waals surface area contributed by atoms with Gasteiger partial charge in [0.2, 0.25) is 5.91 Å². The molecule has 0 radical (unpaired) electrons. The predicted molar refractivity (Wildman–Crippen MR) is 127 cm³/mol. The van der Waals surface area contributed by atoms with Gasteiger partial charge in [0.25, 0.3) is 10.0 Å². The standard InChI is InChI=1S/C24H35N5O3S/c1-19(2)28-17-23(25-18-28)33(31,32)29-12-6-9-21(16-29)24(30)26-22-10-13-27(14-11-22)15-20-7-4-3-5-8-20/h3-5,7-8,17-19,21-22H,6,9-16H2,1-2H3,(H,26,30). The third-order valence-corrected chi connectivity index (χ3v) is 8.47.